The highest BCUT2D eigenvalue weighted by molar-refractivity contribution is 6.55. The Morgan fingerprint density at radius 3 is 2.40 bits per heavy atom. The maximum Gasteiger partial charge on any atom is 0.116 e. The van der Waals surface area contributed by atoms with Crippen molar-refractivity contribution in [3.05, 3.63) is 56.3 Å². The van der Waals surface area contributed by atoms with Gasteiger partial charge in [-0.15, -0.1) is 5.10 Å². The predicted octanol–water partition coefficient (Wildman–Crippen LogP) is 3.86. The quantitative estimate of drug-likeness (QED) is 0.878. The molecule has 106 valence electrons. The van der Waals surface area contributed by atoms with Crippen LogP contribution in [0, 0.1) is 0 Å². The van der Waals surface area contributed by atoms with E-state index in [4.69, 9.17) is 46.4 Å². The van der Waals surface area contributed by atoms with Gasteiger partial charge in [0.05, 0.1) is 5.69 Å². The molecule has 0 spiro atoms. The van der Waals surface area contributed by atoms with Gasteiger partial charge in [-0.1, -0.05) is 51.6 Å². The molecule has 4 nitrogen and oxygen atoms in total. The Bertz CT molecular complexity index is 605. The number of hydrogen-bond acceptors (Lipinski definition) is 3. The molecule has 1 aromatic heterocycles. The van der Waals surface area contributed by atoms with Crippen molar-refractivity contribution in [2.24, 2.45) is 0 Å². The van der Waals surface area contributed by atoms with Gasteiger partial charge in [0.2, 0.25) is 0 Å². The number of benzene rings is 1. The number of aromatic amines is 1. The topological polar surface area (TPSA) is 61.8 Å². The molecule has 0 aliphatic heterocycles. The summed E-state index contributed by atoms with van der Waals surface area (Å²) in [7, 11) is 0. The molecule has 0 saturated heterocycles. The fourth-order valence-corrected chi connectivity index (χ4v) is 2.70. The largest absolute Gasteiger partial charge is 0.381 e. The summed E-state index contributed by atoms with van der Waals surface area (Å²) in [6, 6.07) is 4.73. The van der Waals surface area contributed by atoms with Gasteiger partial charge in [0, 0.05) is 22.7 Å². The van der Waals surface area contributed by atoms with Gasteiger partial charge in [0.15, 0.2) is 0 Å². The number of nitrogens with zero attached hydrogens (tertiary/aromatic N) is 2. The van der Waals surface area contributed by atoms with Gasteiger partial charge in [-0.3, -0.25) is 5.10 Å². The summed E-state index contributed by atoms with van der Waals surface area (Å²) in [5.74, 6) is 0. The van der Waals surface area contributed by atoms with Gasteiger partial charge in [-0.05, 0) is 29.8 Å². The molecule has 0 aliphatic rings. The van der Waals surface area contributed by atoms with E-state index in [0.29, 0.717) is 21.3 Å². The van der Waals surface area contributed by atoms with Crippen LogP contribution in [0.4, 0.5) is 0 Å². The molecule has 1 heterocycles. The maximum absolute atomic E-state index is 10.8. The predicted molar refractivity (Wildman–Crippen MR) is 80.2 cm³/mol. The Morgan fingerprint density at radius 2 is 1.90 bits per heavy atom. The Kier molecular flexibility index (Phi) is 4.94. The van der Waals surface area contributed by atoms with Crippen LogP contribution >= 0.6 is 46.4 Å². The van der Waals surface area contributed by atoms with Crippen molar-refractivity contribution < 1.29 is 5.11 Å². The normalized spacial score (nSPS) is 13.8. The molecule has 0 saturated carbocycles. The molecule has 2 aromatic rings. The summed E-state index contributed by atoms with van der Waals surface area (Å²) in [4.78, 5) is 0. The monoisotopic (exact) mass is 351 g/mol. The smallest absolute Gasteiger partial charge is 0.116 e. The summed E-state index contributed by atoms with van der Waals surface area (Å²) >= 11 is 23.3. The average molecular weight is 353 g/mol. The van der Waals surface area contributed by atoms with E-state index in [-0.39, 0.29) is 10.9 Å². The van der Waals surface area contributed by atoms with Crippen molar-refractivity contribution in [1.29, 1.82) is 0 Å². The van der Waals surface area contributed by atoms with Crippen LogP contribution in [0.1, 0.15) is 11.3 Å². The fourth-order valence-electron chi connectivity index (χ4n) is 1.81. The average Bonchev–Trinajstić information content (AvgIpc) is 2.79. The molecule has 1 unspecified atom stereocenters. The Hall–Kier alpha value is -0.780. The zero-order valence-electron chi connectivity index (χ0n) is 9.95. The minimum absolute atomic E-state index is 0.0768. The van der Waals surface area contributed by atoms with Gasteiger partial charge in [-0.25, -0.2) is 0 Å². The summed E-state index contributed by atoms with van der Waals surface area (Å²) in [5, 5.41) is 21.6. The number of rotatable bonds is 4. The molecular formula is C12H9Cl4N3O. The van der Waals surface area contributed by atoms with Gasteiger partial charge in [0.1, 0.15) is 10.1 Å². The number of aliphatic hydroxyl groups is 1. The van der Waals surface area contributed by atoms with E-state index in [9.17, 15) is 5.11 Å². The number of halogens is 4. The van der Waals surface area contributed by atoms with Crippen molar-refractivity contribution in [1.82, 2.24) is 15.4 Å². The standard InChI is InChI=1S/C12H9Cl4N3O/c13-8-1-7(2-9(14)3-8)12(20,5-11(15)16)4-10-6-17-19-18-10/h1-3,5-6,20H,4H2,(H,17,18,19). The van der Waals surface area contributed by atoms with Crippen LogP contribution in [0.25, 0.3) is 0 Å². The van der Waals surface area contributed by atoms with Crippen molar-refractivity contribution >= 4 is 46.4 Å². The highest BCUT2D eigenvalue weighted by atomic mass is 35.5. The fraction of sp³-hybridized carbons (Fsp3) is 0.167. The second kappa shape index (κ2) is 6.33. The van der Waals surface area contributed by atoms with Gasteiger partial charge < -0.3 is 5.11 Å². The lowest BCUT2D eigenvalue weighted by Crippen LogP contribution is -2.26. The number of hydrogen-bond donors (Lipinski definition) is 2. The number of H-pyrrole nitrogens is 1. The molecule has 0 radical (unpaired) electrons. The zero-order chi connectivity index (χ0) is 14.8. The first-order valence-electron chi connectivity index (χ1n) is 5.47. The lowest BCUT2D eigenvalue weighted by Gasteiger charge is -2.24. The van der Waals surface area contributed by atoms with Crippen LogP contribution in [0.15, 0.2) is 35.0 Å². The summed E-state index contributed by atoms with van der Waals surface area (Å²) in [5.41, 5.74) is -0.504. The van der Waals surface area contributed by atoms with Crippen LogP contribution < -0.4 is 0 Å². The van der Waals surface area contributed by atoms with Crippen molar-refractivity contribution in [3.63, 3.8) is 0 Å². The zero-order valence-corrected chi connectivity index (χ0v) is 13.0. The molecule has 0 amide bonds. The van der Waals surface area contributed by atoms with E-state index in [1.165, 1.54) is 6.08 Å². The lowest BCUT2D eigenvalue weighted by atomic mass is 9.89. The first-order chi connectivity index (χ1) is 9.39. The SMILES string of the molecule is OC(C=C(Cl)Cl)(Cc1c[nH]nn1)c1cc(Cl)cc(Cl)c1. The van der Waals surface area contributed by atoms with Crippen LogP contribution in [0.3, 0.4) is 0 Å². The first kappa shape index (κ1) is 15.6. The second-order valence-corrected chi connectivity index (χ2v) is 6.04. The third kappa shape index (κ3) is 3.87. The molecule has 1 atom stereocenters. The van der Waals surface area contributed by atoms with Crippen molar-refractivity contribution in [2.45, 2.75) is 12.0 Å². The molecule has 1 aromatic carbocycles. The summed E-state index contributed by atoms with van der Waals surface area (Å²) in [6.07, 6.45) is 2.98. The van der Waals surface area contributed by atoms with Crippen molar-refractivity contribution in [2.75, 3.05) is 0 Å². The van der Waals surface area contributed by atoms with E-state index >= 15 is 0 Å². The minimum Gasteiger partial charge on any atom is -0.381 e. The minimum atomic E-state index is -1.50. The molecule has 0 fully saturated rings. The van der Waals surface area contributed by atoms with Crippen molar-refractivity contribution in [3.8, 4) is 0 Å². The Labute approximate surface area is 135 Å². The Morgan fingerprint density at radius 1 is 1.25 bits per heavy atom. The van der Waals surface area contributed by atoms with E-state index in [0.717, 1.165) is 0 Å². The molecule has 2 rings (SSSR count). The molecule has 20 heavy (non-hydrogen) atoms. The van der Waals surface area contributed by atoms with Crippen LogP contribution in [0.2, 0.25) is 10.0 Å². The maximum atomic E-state index is 10.8. The molecule has 8 heteroatoms. The first-order valence-corrected chi connectivity index (χ1v) is 6.98. The summed E-state index contributed by atoms with van der Waals surface area (Å²) in [6.45, 7) is 0. The third-order valence-electron chi connectivity index (χ3n) is 2.63. The molecule has 2 N–H and O–H groups in total. The lowest BCUT2D eigenvalue weighted by molar-refractivity contribution is 0.0887. The van der Waals surface area contributed by atoms with Crippen LogP contribution in [-0.4, -0.2) is 20.5 Å². The van der Waals surface area contributed by atoms with Gasteiger partial charge in [0.25, 0.3) is 0 Å². The Balaban J connectivity index is 2.48. The van der Waals surface area contributed by atoms with E-state index in [2.05, 4.69) is 15.4 Å². The van der Waals surface area contributed by atoms with E-state index in [1.807, 2.05) is 0 Å². The van der Waals surface area contributed by atoms with E-state index < -0.39 is 5.60 Å². The third-order valence-corrected chi connectivity index (χ3v) is 3.28. The molecule has 0 aliphatic carbocycles. The van der Waals surface area contributed by atoms with Crippen LogP contribution in [0.5, 0.6) is 0 Å². The second-order valence-electron chi connectivity index (χ2n) is 4.16. The highest BCUT2D eigenvalue weighted by Gasteiger charge is 2.29. The van der Waals surface area contributed by atoms with Crippen LogP contribution in [-0.2, 0) is 12.0 Å². The number of nitrogens with one attached hydrogen (secondary N) is 1. The molecule has 0 bridgehead atoms. The summed E-state index contributed by atoms with van der Waals surface area (Å²) < 4.78 is -0.0768. The highest BCUT2D eigenvalue weighted by Crippen LogP contribution is 2.33. The van der Waals surface area contributed by atoms with Gasteiger partial charge in [-0.2, -0.15) is 0 Å². The number of aromatic nitrogens is 3. The molecular weight excluding hydrogens is 344 g/mol. The van der Waals surface area contributed by atoms with E-state index in [1.54, 1.807) is 24.4 Å². The van der Waals surface area contributed by atoms with Gasteiger partial charge >= 0.3 is 0 Å².